The molecule has 33 heavy (non-hydrogen) atoms. The number of H-pyrrole nitrogens is 1. The van der Waals surface area contributed by atoms with Gasteiger partial charge < -0.3 is 25.4 Å². The zero-order valence-electron chi connectivity index (χ0n) is 19.0. The first-order valence-corrected chi connectivity index (χ1v) is 11.2. The Hall–Kier alpha value is -3.46. The Morgan fingerprint density at radius 3 is 2.70 bits per heavy atom. The van der Waals surface area contributed by atoms with Crippen LogP contribution >= 0.6 is 0 Å². The standard InChI is InChI=1S/C24H28FN5O3/c1-4-29(5-2)8-9-30-7-6-18-21(24(30)33)14(3)19(27-18)12-17-16-10-15(25)11-20(26-13-31)22(16)28-23(17)32/h10-13,27H,4-9H2,1-3H3,(H,26,31)(H,28,32). The number of hydrogen-bond acceptors (Lipinski definition) is 4. The van der Waals surface area contributed by atoms with Crippen molar-refractivity contribution < 1.29 is 18.8 Å². The van der Waals surface area contributed by atoms with Gasteiger partial charge in [-0.05, 0) is 43.8 Å². The predicted octanol–water partition coefficient (Wildman–Crippen LogP) is 2.86. The van der Waals surface area contributed by atoms with Gasteiger partial charge in [0.15, 0.2) is 0 Å². The van der Waals surface area contributed by atoms with Gasteiger partial charge in [0.2, 0.25) is 6.41 Å². The number of nitrogens with one attached hydrogen (secondary N) is 3. The number of aromatic amines is 1. The van der Waals surface area contributed by atoms with Crippen LogP contribution in [-0.4, -0.2) is 65.7 Å². The molecule has 0 aliphatic carbocycles. The van der Waals surface area contributed by atoms with Crippen LogP contribution < -0.4 is 10.6 Å². The first-order chi connectivity index (χ1) is 15.9. The molecule has 0 spiro atoms. The fourth-order valence-corrected chi connectivity index (χ4v) is 4.54. The Morgan fingerprint density at radius 1 is 1.24 bits per heavy atom. The third kappa shape index (κ3) is 4.16. The molecule has 1 aromatic heterocycles. The number of hydrogen-bond donors (Lipinski definition) is 3. The summed E-state index contributed by atoms with van der Waals surface area (Å²) in [4.78, 5) is 44.2. The summed E-state index contributed by atoms with van der Waals surface area (Å²) in [6.07, 6.45) is 2.78. The van der Waals surface area contributed by atoms with Gasteiger partial charge in [-0.25, -0.2) is 4.39 Å². The first-order valence-electron chi connectivity index (χ1n) is 11.2. The lowest BCUT2D eigenvalue weighted by molar-refractivity contribution is -0.110. The Morgan fingerprint density at radius 2 is 2.00 bits per heavy atom. The SMILES string of the molecule is CCN(CC)CCN1CCc2[nH]c(C=C3C(=O)Nc4c(NC=O)cc(F)cc43)c(C)c2C1=O. The van der Waals surface area contributed by atoms with E-state index in [1.165, 1.54) is 6.07 Å². The smallest absolute Gasteiger partial charge is 0.256 e. The van der Waals surface area contributed by atoms with E-state index >= 15 is 0 Å². The molecule has 0 fully saturated rings. The van der Waals surface area contributed by atoms with Gasteiger partial charge in [-0.2, -0.15) is 0 Å². The number of likely N-dealkylation sites (N-methyl/N-ethyl adjacent to an activating group) is 1. The van der Waals surface area contributed by atoms with Crippen molar-refractivity contribution in [3.05, 3.63) is 46.0 Å². The molecule has 2 aliphatic heterocycles. The van der Waals surface area contributed by atoms with Crippen molar-refractivity contribution in [3.63, 3.8) is 0 Å². The fourth-order valence-electron chi connectivity index (χ4n) is 4.54. The number of amides is 3. The van der Waals surface area contributed by atoms with Crippen molar-refractivity contribution in [2.45, 2.75) is 27.2 Å². The Kier molecular flexibility index (Phi) is 6.33. The summed E-state index contributed by atoms with van der Waals surface area (Å²) in [6.45, 7) is 10.1. The number of rotatable bonds is 8. The number of carbonyl (C=O) groups excluding carboxylic acids is 3. The van der Waals surface area contributed by atoms with Crippen LogP contribution in [0.1, 0.15) is 46.7 Å². The molecule has 0 unspecified atom stereocenters. The summed E-state index contributed by atoms with van der Waals surface area (Å²) in [5.74, 6) is -0.979. The molecule has 0 saturated heterocycles. The van der Waals surface area contributed by atoms with E-state index < -0.39 is 11.7 Å². The number of anilines is 2. The largest absolute Gasteiger partial charge is 0.358 e. The molecule has 2 aliphatic rings. The maximum absolute atomic E-state index is 14.1. The normalized spacial score (nSPS) is 16.3. The molecule has 3 heterocycles. The van der Waals surface area contributed by atoms with E-state index in [1.807, 2.05) is 11.8 Å². The second-order valence-corrected chi connectivity index (χ2v) is 8.24. The number of carbonyl (C=O) groups is 3. The lowest BCUT2D eigenvalue weighted by Gasteiger charge is -2.29. The van der Waals surface area contributed by atoms with Crippen LogP contribution in [0.5, 0.6) is 0 Å². The van der Waals surface area contributed by atoms with Crippen molar-refractivity contribution in [2.24, 2.45) is 0 Å². The minimum atomic E-state index is -0.568. The molecule has 4 rings (SSSR count). The van der Waals surface area contributed by atoms with Crippen molar-refractivity contribution in [3.8, 4) is 0 Å². The van der Waals surface area contributed by atoms with Gasteiger partial charge in [0.05, 0.1) is 22.5 Å². The lowest BCUT2D eigenvalue weighted by atomic mass is 10.0. The van der Waals surface area contributed by atoms with Gasteiger partial charge in [0.1, 0.15) is 5.82 Å². The van der Waals surface area contributed by atoms with Gasteiger partial charge in [-0.15, -0.1) is 0 Å². The quantitative estimate of drug-likeness (QED) is 0.423. The highest BCUT2D eigenvalue weighted by Gasteiger charge is 2.31. The molecule has 3 amide bonds. The van der Waals surface area contributed by atoms with E-state index in [1.54, 1.807) is 6.08 Å². The van der Waals surface area contributed by atoms with E-state index in [-0.39, 0.29) is 17.2 Å². The Balaban J connectivity index is 1.65. The van der Waals surface area contributed by atoms with Gasteiger partial charge in [0.25, 0.3) is 11.8 Å². The zero-order valence-corrected chi connectivity index (χ0v) is 19.0. The highest BCUT2D eigenvalue weighted by atomic mass is 19.1. The van der Waals surface area contributed by atoms with Crippen LogP contribution in [0.15, 0.2) is 12.1 Å². The van der Waals surface area contributed by atoms with Crippen LogP contribution in [0.4, 0.5) is 15.8 Å². The maximum Gasteiger partial charge on any atom is 0.256 e. The summed E-state index contributed by atoms with van der Waals surface area (Å²) in [7, 11) is 0. The van der Waals surface area contributed by atoms with Crippen LogP contribution in [0, 0.1) is 12.7 Å². The first kappa shape index (κ1) is 22.7. The van der Waals surface area contributed by atoms with Crippen LogP contribution in [-0.2, 0) is 16.0 Å². The van der Waals surface area contributed by atoms with Crippen LogP contribution in [0.3, 0.4) is 0 Å². The monoisotopic (exact) mass is 453 g/mol. The number of halogens is 1. The van der Waals surface area contributed by atoms with Crippen molar-refractivity contribution in [1.82, 2.24) is 14.8 Å². The minimum Gasteiger partial charge on any atom is -0.358 e. The number of aromatic nitrogens is 1. The maximum atomic E-state index is 14.1. The number of benzene rings is 1. The average Bonchev–Trinajstić information content (AvgIpc) is 3.28. The average molecular weight is 454 g/mol. The minimum absolute atomic E-state index is 0.0124. The molecule has 0 bridgehead atoms. The third-order valence-electron chi connectivity index (χ3n) is 6.46. The molecule has 0 radical (unpaired) electrons. The third-order valence-corrected chi connectivity index (χ3v) is 6.46. The molecule has 3 N–H and O–H groups in total. The molecular weight excluding hydrogens is 425 g/mol. The van der Waals surface area contributed by atoms with Crippen molar-refractivity contribution >= 4 is 41.2 Å². The van der Waals surface area contributed by atoms with Gasteiger partial charge in [-0.3, -0.25) is 14.4 Å². The summed E-state index contributed by atoms with van der Waals surface area (Å²) >= 11 is 0. The molecule has 2 aromatic rings. The Bertz CT molecular complexity index is 1150. The Labute approximate surface area is 191 Å². The topological polar surface area (TPSA) is 97.5 Å². The molecule has 174 valence electrons. The van der Waals surface area contributed by atoms with E-state index in [0.29, 0.717) is 48.4 Å². The predicted molar refractivity (Wildman–Crippen MR) is 126 cm³/mol. The van der Waals surface area contributed by atoms with E-state index in [4.69, 9.17) is 0 Å². The van der Waals surface area contributed by atoms with Gasteiger partial charge in [0, 0.05) is 43.0 Å². The zero-order chi connectivity index (χ0) is 23.7. The van der Waals surface area contributed by atoms with Gasteiger partial charge in [-0.1, -0.05) is 13.8 Å². The summed E-state index contributed by atoms with van der Waals surface area (Å²) < 4.78 is 14.1. The van der Waals surface area contributed by atoms with Gasteiger partial charge >= 0.3 is 0 Å². The van der Waals surface area contributed by atoms with Crippen molar-refractivity contribution in [1.29, 1.82) is 0 Å². The van der Waals surface area contributed by atoms with E-state index in [9.17, 15) is 18.8 Å². The van der Waals surface area contributed by atoms with Crippen molar-refractivity contribution in [2.75, 3.05) is 43.4 Å². The second kappa shape index (κ2) is 9.19. The number of fused-ring (bicyclic) bond motifs is 2. The number of nitrogens with zero attached hydrogens (tertiary/aromatic N) is 2. The molecule has 9 heteroatoms. The molecule has 0 atom stereocenters. The molecular formula is C24H28FN5O3. The fraction of sp³-hybridized carbons (Fsp3) is 0.375. The second-order valence-electron chi connectivity index (χ2n) is 8.24. The van der Waals surface area contributed by atoms with E-state index in [2.05, 4.69) is 34.4 Å². The van der Waals surface area contributed by atoms with Crippen LogP contribution in [0.25, 0.3) is 11.6 Å². The van der Waals surface area contributed by atoms with E-state index in [0.717, 1.165) is 37.0 Å². The summed E-state index contributed by atoms with van der Waals surface area (Å²) in [6, 6.07) is 2.41. The summed E-state index contributed by atoms with van der Waals surface area (Å²) in [5.41, 5.74) is 4.09. The molecule has 1 aromatic carbocycles. The summed E-state index contributed by atoms with van der Waals surface area (Å²) in [5, 5.41) is 5.11. The highest BCUT2D eigenvalue weighted by molar-refractivity contribution is 6.36. The highest BCUT2D eigenvalue weighted by Crippen LogP contribution is 2.39. The molecule has 0 saturated carbocycles. The molecule has 8 nitrogen and oxygen atoms in total. The van der Waals surface area contributed by atoms with Crippen LogP contribution in [0.2, 0.25) is 0 Å². The lowest BCUT2D eigenvalue weighted by Crippen LogP contribution is -2.42.